The third kappa shape index (κ3) is 5.24. The molecule has 1 aliphatic carbocycles. The number of nitrogens with zero attached hydrogens (tertiary/aromatic N) is 1. The lowest BCUT2D eigenvalue weighted by molar-refractivity contribution is -0.142. The van der Waals surface area contributed by atoms with E-state index >= 15 is 0 Å². The highest BCUT2D eigenvalue weighted by Gasteiger charge is 2.29. The lowest BCUT2D eigenvalue weighted by Crippen LogP contribution is -2.43. The number of amides is 2. The first-order valence-corrected chi connectivity index (χ1v) is 11.5. The fourth-order valence-corrected chi connectivity index (χ4v) is 4.69. The molecule has 2 aromatic carbocycles. The number of aliphatic carboxylic acids is 1. The van der Waals surface area contributed by atoms with Gasteiger partial charge in [0.1, 0.15) is 12.6 Å². The second kappa shape index (κ2) is 10.4. The van der Waals surface area contributed by atoms with Crippen LogP contribution in [-0.4, -0.2) is 52.4 Å². The van der Waals surface area contributed by atoms with E-state index in [1.54, 1.807) is 0 Å². The molecule has 0 spiro atoms. The number of benzene rings is 2. The van der Waals surface area contributed by atoms with Crippen LogP contribution in [0, 0.1) is 0 Å². The predicted octanol–water partition coefficient (Wildman–Crippen LogP) is 3.00. The molecule has 1 aliphatic rings. The van der Waals surface area contributed by atoms with Crippen LogP contribution in [0.15, 0.2) is 54.7 Å². The molecule has 0 saturated heterocycles. The van der Waals surface area contributed by atoms with Crippen LogP contribution < -0.4 is 10.6 Å². The van der Waals surface area contributed by atoms with E-state index < -0.39 is 30.6 Å². The smallest absolute Gasteiger partial charge is 0.413 e. The van der Waals surface area contributed by atoms with E-state index in [1.807, 2.05) is 36.4 Å². The first kappa shape index (κ1) is 23.4. The van der Waals surface area contributed by atoms with Gasteiger partial charge in [0.25, 0.3) is 0 Å². The van der Waals surface area contributed by atoms with E-state index in [1.165, 1.54) is 17.5 Å². The number of ether oxygens (including phenoxy) is 1. The van der Waals surface area contributed by atoms with E-state index in [0.29, 0.717) is 11.6 Å². The van der Waals surface area contributed by atoms with Crippen LogP contribution >= 0.6 is 11.3 Å². The van der Waals surface area contributed by atoms with E-state index in [4.69, 9.17) is 14.9 Å². The molecule has 0 bridgehead atoms. The number of rotatable bonds is 9. The molecule has 0 saturated carbocycles. The Morgan fingerprint density at radius 1 is 1.06 bits per heavy atom. The number of carbonyl (C=O) groups is 3. The summed E-state index contributed by atoms with van der Waals surface area (Å²) in [7, 11) is 0. The van der Waals surface area contributed by atoms with Gasteiger partial charge in [0.15, 0.2) is 5.13 Å². The summed E-state index contributed by atoms with van der Waals surface area (Å²) in [6.45, 7) is -0.496. The van der Waals surface area contributed by atoms with E-state index in [2.05, 4.69) is 27.8 Å². The van der Waals surface area contributed by atoms with Crippen molar-refractivity contribution in [3.8, 4) is 11.1 Å². The zero-order valence-electron chi connectivity index (χ0n) is 18.1. The molecule has 0 fully saturated rings. The summed E-state index contributed by atoms with van der Waals surface area (Å²) in [6.07, 6.45) is 1.26. The van der Waals surface area contributed by atoms with Gasteiger partial charge in [0, 0.05) is 23.4 Å². The van der Waals surface area contributed by atoms with Gasteiger partial charge >= 0.3 is 12.1 Å². The zero-order valence-corrected chi connectivity index (χ0v) is 18.9. The van der Waals surface area contributed by atoms with Crippen LogP contribution in [-0.2, 0) is 20.7 Å². The van der Waals surface area contributed by atoms with Gasteiger partial charge in [-0.15, -0.1) is 11.3 Å². The van der Waals surface area contributed by atoms with Crippen LogP contribution in [0.25, 0.3) is 11.1 Å². The summed E-state index contributed by atoms with van der Waals surface area (Å²) in [5.74, 6) is -1.85. The monoisotopic (exact) mass is 481 g/mol. The lowest BCUT2D eigenvalue weighted by Gasteiger charge is -2.14. The summed E-state index contributed by atoms with van der Waals surface area (Å²) in [5, 5.41) is 23.0. The summed E-state index contributed by atoms with van der Waals surface area (Å²) in [6, 6.07) is 14.8. The van der Waals surface area contributed by atoms with Gasteiger partial charge in [-0.25, -0.2) is 14.6 Å². The van der Waals surface area contributed by atoms with E-state index in [9.17, 15) is 14.4 Å². The second-order valence-corrected chi connectivity index (χ2v) is 8.84. The van der Waals surface area contributed by atoms with Crippen molar-refractivity contribution < 1.29 is 29.3 Å². The van der Waals surface area contributed by atoms with Crippen LogP contribution in [0.1, 0.15) is 28.3 Å². The Morgan fingerprint density at radius 2 is 1.71 bits per heavy atom. The summed E-state index contributed by atoms with van der Waals surface area (Å²) < 4.78 is 5.50. The SMILES string of the molecule is O=C(CCc1cnc(NC(=O)OCC2c3ccccc3-c3ccccc32)s1)NC(CO)C(=O)O. The Labute approximate surface area is 199 Å². The van der Waals surface area contributed by atoms with Gasteiger partial charge in [-0.3, -0.25) is 10.1 Å². The van der Waals surface area contributed by atoms with Gasteiger partial charge in [-0.2, -0.15) is 0 Å². The Balaban J connectivity index is 1.29. The fraction of sp³-hybridized carbons (Fsp3) is 0.250. The number of aromatic nitrogens is 1. The average molecular weight is 482 g/mol. The molecule has 2 amide bonds. The number of carboxylic acid groups (broad SMARTS) is 1. The van der Waals surface area contributed by atoms with Crippen LogP contribution in [0.5, 0.6) is 0 Å². The standard InChI is InChI=1S/C24H23N3O6S/c28-12-20(22(30)31)26-21(29)10-9-14-11-25-23(34-14)27-24(32)33-13-19-17-7-3-1-5-15(17)16-6-2-4-8-18(16)19/h1-8,11,19-20,28H,9-10,12-13H2,(H,26,29)(H,30,31)(H,25,27,32). The molecule has 10 heteroatoms. The number of thiazole rings is 1. The number of nitrogens with one attached hydrogen (secondary N) is 2. The van der Waals surface area contributed by atoms with Gasteiger partial charge < -0.3 is 20.3 Å². The first-order valence-electron chi connectivity index (χ1n) is 10.7. The molecular formula is C24H23N3O6S. The minimum atomic E-state index is -1.33. The molecule has 34 heavy (non-hydrogen) atoms. The van der Waals surface area contributed by atoms with Crippen molar-refractivity contribution in [3.63, 3.8) is 0 Å². The van der Waals surface area contributed by atoms with Gasteiger partial charge in [-0.05, 0) is 28.7 Å². The molecule has 1 heterocycles. The van der Waals surface area contributed by atoms with Crippen molar-refractivity contribution in [3.05, 3.63) is 70.7 Å². The number of aryl methyl sites for hydroxylation is 1. The third-order valence-electron chi connectivity index (χ3n) is 5.52. The maximum Gasteiger partial charge on any atom is 0.413 e. The Hall–Kier alpha value is -3.76. The molecule has 176 valence electrons. The Bertz CT molecular complexity index is 1170. The number of hydrogen-bond donors (Lipinski definition) is 4. The topological polar surface area (TPSA) is 138 Å². The molecule has 0 aliphatic heterocycles. The molecular weight excluding hydrogens is 458 g/mol. The van der Waals surface area contributed by atoms with Crippen molar-refractivity contribution in [2.24, 2.45) is 0 Å². The Morgan fingerprint density at radius 3 is 2.32 bits per heavy atom. The van der Waals surface area contributed by atoms with Gasteiger partial charge in [0.2, 0.25) is 5.91 Å². The summed E-state index contributed by atoms with van der Waals surface area (Å²) >= 11 is 1.20. The zero-order chi connectivity index (χ0) is 24.1. The normalized spacial score (nSPS) is 13.0. The lowest BCUT2D eigenvalue weighted by atomic mass is 9.98. The van der Waals surface area contributed by atoms with Gasteiger partial charge in [-0.1, -0.05) is 48.5 Å². The molecule has 1 atom stereocenters. The number of hydrogen-bond acceptors (Lipinski definition) is 7. The largest absolute Gasteiger partial charge is 0.480 e. The highest BCUT2D eigenvalue weighted by Crippen LogP contribution is 2.44. The minimum Gasteiger partial charge on any atom is -0.480 e. The van der Waals surface area contributed by atoms with Crippen molar-refractivity contribution in [1.29, 1.82) is 0 Å². The van der Waals surface area contributed by atoms with Crippen LogP contribution in [0.4, 0.5) is 9.93 Å². The fourth-order valence-electron chi connectivity index (χ4n) is 3.89. The summed E-state index contributed by atoms with van der Waals surface area (Å²) in [4.78, 5) is 40.0. The molecule has 1 aromatic heterocycles. The Kier molecular flexibility index (Phi) is 7.19. The van der Waals surface area contributed by atoms with Gasteiger partial charge in [0.05, 0.1) is 6.61 Å². The second-order valence-electron chi connectivity index (χ2n) is 7.72. The third-order valence-corrected chi connectivity index (χ3v) is 6.49. The van der Waals surface area contributed by atoms with Crippen molar-refractivity contribution in [2.45, 2.75) is 24.8 Å². The number of anilines is 1. The molecule has 0 radical (unpaired) electrons. The maximum absolute atomic E-state index is 12.4. The average Bonchev–Trinajstić information content (AvgIpc) is 3.41. The van der Waals surface area contributed by atoms with Crippen LogP contribution in [0.3, 0.4) is 0 Å². The molecule has 4 rings (SSSR count). The number of fused-ring (bicyclic) bond motifs is 3. The number of carboxylic acids is 1. The minimum absolute atomic E-state index is 0.0242. The first-order chi connectivity index (χ1) is 16.5. The molecule has 9 nitrogen and oxygen atoms in total. The van der Waals surface area contributed by atoms with E-state index in [0.717, 1.165) is 27.1 Å². The van der Waals surface area contributed by atoms with E-state index in [-0.39, 0.29) is 18.9 Å². The predicted molar refractivity (Wildman–Crippen MR) is 126 cm³/mol. The maximum atomic E-state index is 12.4. The summed E-state index contributed by atoms with van der Waals surface area (Å²) in [5.41, 5.74) is 4.54. The molecule has 4 N–H and O–H groups in total. The quantitative estimate of drug-likeness (QED) is 0.369. The van der Waals surface area contributed by atoms with Crippen molar-refractivity contribution >= 4 is 34.4 Å². The molecule has 3 aromatic rings. The van der Waals surface area contributed by atoms with Crippen molar-refractivity contribution in [2.75, 3.05) is 18.5 Å². The highest BCUT2D eigenvalue weighted by molar-refractivity contribution is 7.15. The highest BCUT2D eigenvalue weighted by atomic mass is 32.1. The number of carbonyl (C=O) groups excluding carboxylic acids is 2. The van der Waals surface area contributed by atoms with Crippen molar-refractivity contribution in [1.82, 2.24) is 10.3 Å². The molecule has 1 unspecified atom stereocenters. The van der Waals surface area contributed by atoms with Crippen LogP contribution in [0.2, 0.25) is 0 Å². The number of aliphatic hydroxyl groups is 1. The number of aliphatic hydroxyl groups excluding tert-OH is 1.